The Morgan fingerprint density at radius 3 is 2.62 bits per heavy atom. The Bertz CT molecular complexity index is 1040. The molecule has 26 heavy (non-hydrogen) atoms. The van der Waals surface area contributed by atoms with Gasteiger partial charge in [0.2, 0.25) is 11.8 Å². The summed E-state index contributed by atoms with van der Waals surface area (Å²) >= 11 is 9.78. The molecule has 1 atom stereocenters. The maximum atomic E-state index is 13.4. The van der Waals surface area contributed by atoms with E-state index in [1.807, 2.05) is 13.8 Å². The van der Waals surface area contributed by atoms with Crippen LogP contribution < -0.4 is 15.8 Å². The fraction of sp³-hybridized carbons (Fsp3) is 0.353. The highest BCUT2D eigenvalue weighted by molar-refractivity contribution is 9.10. The highest BCUT2D eigenvalue weighted by Gasteiger charge is 2.58. The standard InChI is InChI=1S/C17H16BrClN4O3/c1-7(2)23-14-12(15(25)21-23)17(6-11(24)20-14)9-4-8(18)5-10(19)13(9)22(3)16(17)26/h4-5,7H,6H2,1-3H3,(H,20,24)(H,21,25). The average Bonchev–Trinajstić information content (AvgIpc) is 2.97. The highest BCUT2D eigenvalue weighted by atomic mass is 79.9. The molecular weight excluding hydrogens is 424 g/mol. The number of likely N-dealkylation sites (N-methyl/N-ethyl adjacent to an activating group) is 1. The zero-order valence-electron chi connectivity index (χ0n) is 14.3. The van der Waals surface area contributed by atoms with Crippen LogP contribution in [0.4, 0.5) is 11.5 Å². The van der Waals surface area contributed by atoms with Crippen molar-refractivity contribution in [3.05, 3.63) is 43.1 Å². The van der Waals surface area contributed by atoms with Gasteiger partial charge in [-0.3, -0.25) is 24.2 Å². The molecule has 9 heteroatoms. The number of nitrogens with one attached hydrogen (secondary N) is 2. The van der Waals surface area contributed by atoms with Gasteiger partial charge < -0.3 is 10.2 Å². The fourth-order valence-corrected chi connectivity index (χ4v) is 4.94. The van der Waals surface area contributed by atoms with Crippen molar-refractivity contribution in [3.8, 4) is 0 Å². The lowest BCUT2D eigenvalue weighted by Gasteiger charge is -2.32. The fourth-order valence-electron chi connectivity index (χ4n) is 4.01. The monoisotopic (exact) mass is 438 g/mol. The lowest BCUT2D eigenvalue weighted by Crippen LogP contribution is -2.47. The Labute approximate surface area is 162 Å². The molecule has 0 saturated carbocycles. The van der Waals surface area contributed by atoms with Crippen LogP contribution >= 0.6 is 27.5 Å². The van der Waals surface area contributed by atoms with E-state index in [0.717, 1.165) is 0 Å². The number of fused-ring (bicyclic) bond motifs is 4. The van der Waals surface area contributed by atoms with Crippen LogP contribution in [0.3, 0.4) is 0 Å². The van der Waals surface area contributed by atoms with Crippen molar-refractivity contribution in [1.29, 1.82) is 0 Å². The molecule has 1 spiro atoms. The lowest BCUT2D eigenvalue weighted by atomic mass is 9.71. The number of aromatic nitrogens is 2. The third-order valence-corrected chi connectivity index (χ3v) is 5.79. The van der Waals surface area contributed by atoms with Crippen molar-refractivity contribution >= 4 is 50.9 Å². The minimum absolute atomic E-state index is 0.0956. The third-order valence-electron chi connectivity index (χ3n) is 5.05. The van der Waals surface area contributed by atoms with Crippen LogP contribution in [0.2, 0.25) is 5.02 Å². The summed E-state index contributed by atoms with van der Waals surface area (Å²) in [6.45, 7) is 3.77. The number of halogens is 2. The summed E-state index contributed by atoms with van der Waals surface area (Å²) in [4.78, 5) is 40.2. The number of rotatable bonds is 1. The zero-order chi connectivity index (χ0) is 19.0. The van der Waals surface area contributed by atoms with Crippen molar-refractivity contribution < 1.29 is 9.59 Å². The number of aromatic amines is 1. The van der Waals surface area contributed by atoms with Crippen molar-refractivity contribution in [2.45, 2.75) is 31.7 Å². The van der Waals surface area contributed by atoms with Gasteiger partial charge in [0.05, 0.1) is 22.7 Å². The van der Waals surface area contributed by atoms with Gasteiger partial charge in [0.1, 0.15) is 11.2 Å². The second kappa shape index (κ2) is 5.47. The molecule has 4 rings (SSSR count). The van der Waals surface area contributed by atoms with Crippen LogP contribution in [0, 0.1) is 0 Å². The van der Waals surface area contributed by atoms with Gasteiger partial charge in [0.25, 0.3) is 5.56 Å². The molecule has 2 aliphatic rings. The van der Waals surface area contributed by atoms with Crippen LogP contribution in [0.1, 0.15) is 37.4 Å². The van der Waals surface area contributed by atoms with Gasteiger partial charge in [-0.15, -0.1) is 0 Å². The Hall–Kier alpha value is -2.06. The molecule has 7 nitrogen and oxygen atoms in total. The molecule has 0 fully saturated rings. The number of hydrogen-bond acceptors (Lipinski definition) is 3. The van der Waals surface area contributed by atoms with E-state index in [2.05, 4.69) is 26.3 Å². The Balaban J connectivity index is 2.14. The summed E-state index contributed by atoms with van der Waals surface area (Å²) in [5, 5.41) is 5.89. The second-order valence-corrected chi connectivity index (χ2v) is 8.23. The van der Waals surface area contributed by atoms with Crippen LogP contribution in [0.5, 0.6) is 0 Å². The van der Waals surface area contributed by atoms with Gasteiger partial charge in [-0.05, 0) is 31.5 Å². The Morgan fingerprint density at radius 2 is 1.96 bits per heavy atom. The van der Waals surface area contributed by atoms with E-state index in [1.165, 1.54) is 4.90 Å². The molecule has 1 aromatic heterocycles. The van der Waals surface area contributed by atoms with E-state index < -0.39 is 5.41 Å². The molecule has 3 heterocycles. The first-order chi connectivity index (χ1) is 12.2. The topological polar surface area (TPSA) is 87.2 Å². The Morgan fingerprint density at radius 1 is 1.27 bits per heavy atom. The number of nitrogens with zero attached hydrogens (tertiary/aromatic N) is 2. The number of anilines is 2. The molecule has 1 aromatic carbocycles. The summed E-state index contributed by atoms with van der Waals surface area (Å²) in [7, 11) is 1.61. The molecule has 2 aromatic rings. The first-order valence-corrected chi connectivity index (χ1v) is 9.28. The van der Waals surface area contributed by atoms with Gasteiger partial charge in [0, 0.05) is 17.6 Å². The molecule has 0 aliphatic carbocycles. The molecule has 2 N–H and O–H groups in total. The molecular formula is C17H16BrClN4O3. The number of hydrogen-bond donors (Lipinski definition) is 2. The number of H-pyrrole nitrogens is 1. The molecule has 2 amide bonds. The molecule has 136 valence electrons. The summed E-state index contributed by atoms with van der Waals surface area (Å²) in [5.41, 5.74) is -0.428. The van der Waals surface area contributed by atoms with Crippen LogP contribution in [-0.4, -0.2) is 28.6 Å². The molecule has 0 radical (unpaired) electrons. The first kappa shape index (κ1) is 17.4. The summed E-state index contributed by atoms with van der Waals surface area (Å²) < 4.78 is 2.26. The lowest BCUT2D eigenvalue weighted by molar-refractivity contribution is -0.126. The maximum Gasteiger partial charge on any atom is 0.270 e. The number of carbonyl (C=O) groups excluding carboxylic acids is 2. The second-order valence-electron chi connectivity index (χ2n) is 6.91. The van der Waals surface area contributed by atoms with Crippen LogP contribution in [-0.2, 0) is 15.0 Å². The molecule has 2 aliphatic heterocycles. The number of amides is 2. The predicted molar refractivity (Wildman–Crippen MR) is 102 cm³/mol. The summed E-state index contributed by atoms with van der Waals surface area (Å²) in [6.07, 6.45) is -0.145. The van der Waals surface area contributed by atoms with Gasteiger partial charge in [0.15, 0.2) is 0 Å². The Kier molecular flexibility index (Phi) is 3.65. The van der Waals surface area contributed by atoms with E-state index >= 15 is 0 Å². The van der Waals surface area contributed by atoms with Gasteiger partial charge >= 0.3 is 0 Å². The van der Waals surface area contributed by atoms with E-state index in [4.69, 9.17) is 11.6 Å². The van der Waals surface area contributed by atoms with E-state index in [0.29, 0.717) is 26.6 Å². The van der Waals surface area contributed by atoms with Crippen LogP contribution in [0.15, 0.2) is 21.4 Å². The SMILES string of the molecule is CC(C)n1[nH]c(=O)c2c1NC(=O)CC21C(=O)N(C)c2c(Cl)cc(Br)cc21. The quantitative estimate of drug-likeness (QED) is 0.716. The summed E-state index contributed by atoms with van der Waals surface area (Å²) in [6, 6.07) is 3.36. The molecule has 1 unspecified atom stereocenters. The highest BCUT2D eigenvalue weighted by Crippen LogP contribution is 2.53. The number of carbonyl (C=O) groups is 2. The minimum Gasteiger partial charge on any atom is -0.313 e. The van der Waals surface area contributed by atoms with Gasteiger partial charge in [-0.25, -0.2) is 0 Å². The maximum absolute atomic E-state index is 13.4. The smallest absolute Gasteiger partial charge is 0.270 e. The largest absolute Gasteiger partial charge is 0.313 e. The average molecular weight is 440 g/mol. The predicted octanol–water partition coefficient (Wildman–Crippen LogP) is 2.78. The first-order valence-electron chi connectivity index (χ1n) is 8.11. The minimum atomic E-state index is -1.39. The van der Waals surface area contributed by atoms with Crippen molar-refractivity contribution in [1.82, 2.24) is 9.78 Å². The van der Waals surface area contributed by atoms with Gasteiger partial charge in [-0.2, -0.15) is 0 Å². The van der Waals surface area contributed by atoms with Crippen LogP contribution in [0.25, 0.3) is 0 Å². The van der Waals surface area contributed by atoms with Crippen molar-refractivity contribution in [3.63, 3.8) is 0 Å². The van der Waals surface area contributed by atoms with Crippen molar-refractivity contribution in [2.75, 3.05) is 17.3 Å². The van der Waals surface area contributed by atoms with E-state index in [9.17, 15) is 14.4 Å². The van der Waals surface area contributed by atoms with Gasteiger partial charge in [-0.1, -0.05) is 27.5 Å². The normalized spacial score (nSPS) is 21.4. The van der Waals surface area contributed by atoms with E-state index in [1.54, 1.807) is 23.9 Å². The molecule has 0 bridgehead atoms. The zero-order valence-corrected chi connectivity index (χ0v) is 16.7. The van der Waals surface area contributed by atoms with E-state index in [-0.39, 0.29) is 35.4 Å². The number of benzene rings is 1. The molecule has 0 saturated heterocycles. The van der Waals surface area contributed by atoms with Crippen molar-refractivity contribution in [2.24, 2.45) is 0 Å². The summed E-state index contributed by atoms with van der Waals surface area (Å²) in [5.74, 6) is -0.320. The third kappa shape index (κ3) is 2.02.